The molecule has 2 heterocycles. The molecule has 4 nitrogen and oxygen atoms in total. The highest BCUT2D eigenvalue weighted by Gasteiger charge is 2.28. The fourth-order valence-corrected chi connectivity index (χ4v) is 7.54. The number of carbonyl (C=O) groups is 1. The number of hydrogen-bond donors (Lipinski definition) is 1. The van der Waals surface area contributed by atoms with E-state index in [-0.39, 0.29) is 16.5 Å². The molecule has 1 aliphatic heterocycles. The van der Waals surface area contributed by atoms with E-state index in [1.807, 2.05) is 51.2 Å². The summed E-state index contributed by atoms with van der Waals surface area (Å²) in [6.07, 6.45) is 4.28. The number of benzene rings is 2. The Bertz CT molecular complexity index is 1110. The van der Waals surface area contributed by atoms with Crippen LogP contribution in [-0.4, -0.2) is 46.4 Å². The number of hydrogen-bond acceptors (Lipinski definition) is 6. The fourth-order valence-electron chi connectivity index (χ4n) is 4.37. The van der Waals surface area contributed by atoms with E-state index in [1.165, 1.54) is 12.1 Å². The molecular weight excluding hydrogens is 486 g/mol. The summed E-state index contributed by atoms with van der Waals surface area (Å²) in [7, 11) is 3.76. The largest absolute Gasteiger partial charge is 0.320 e. The molecule has 0 unspecified atom stereocenters. The zero-order valence-electron chi connectivity index (χ0n) is 19.7. The quantitative estimate of drug-likeness (QED) is 0.322. The van der Waals surface area contributed by atoms with Crippen molar-refractivity contribution in [2.45, 2.75) is 37.4 Å². The van der Waals surface area contributed by atoms with E-state index in [0.717, 1.165) is 48.6 Å². The van der Waals surface area contributed by atoms with Gasteiger partial charge in [-0.3, -0.25) is 4.79 Å². The number of para-hydroxylation sites is 1. The highest BCUT2D eigenvalue weighted by Crippen LogP contribution is 2.36. The number of halogens is 1. The van der Waals surface area contributed by atoms with Gasteiger partial charge < -0.3 is 10.2 Å². The number of rotatable bonds is 8. The number of thiazole rings is 1. The molecule has 1 saturated heterocycles. The molecule has 1 fully saturated rings. The Morgan fingerprint density at radius 3 is 2.59 bits per heavy atom. The van der Waals surface area contributed by atoms with E-state index in [9.17, 15) is 9.18 Å². The van der Waals surface area contributed by atoms with E-state index in [0.29, 0.717) is 17.3 Å². The van der Waals surface area contributed by atoms with Gasteiger partial charge in [0.05, 0.1) is 5.01 Å². The molecule has 1 amide bonds. The third-order valence-electron chi connectivity index (χ3n) is 5.94. The van der Waals surface area contributed by atoms with E-state index in [2.05, 4.69) is 30.3 Å². The van der Waals surface area contributed by atoms with Gasteiger partial charge in [-0.15, -0.1) is 11.3 Å². The molecule has 1 N–H and O–H groups in total. The van der Waals surface area contributed by atoms with Crippen LogP contribution in [0.15, 0.2) is 53.9 Å². The second-order valence-electron chi connectivity index (χ2n) is 9.14. The second-order valence-corrected chi connectivity index (χ2v) is 13.1. The number of amides is 1. The topological polar surface area (TPSA) is 45.2 Å². The van der Waals surface area contributed by atoms with Crippen LogP contribution in [0.3, 0.4) is 0 Å². The SMILES string of the molecule is CSSC(C)(C)CN1CCC(c2nc(C(=O)Nc3ccccc3-c3ccc(F)cc3)cs2)CC1. The summed E-state index contributed by atoms with van der Waals surface area (Å²) in [5.41, 5.74) is 2.84. The van der Waals surface area contributed by atoms with Gasteiger partial charge in [0, 0.05) is 33.8 Å². The molecule has 0 atom stereocenters. The van der Waals surface area contributed by atoms with Crippen LogP contribution in [-0.2, 0) is 0 Å². The smallest absolute Gasteiger partial charge is 0.275 e. The van der Waals surface area contributed by atoms with Crippen molar-refractivity contribution >= 4 is 44.5 Å². The highest BCUT2D eigenvalue weighted by atomic mass is 33.1. The second kappa shape index (κ2) is 11.2. The molecule has 2 aromatic carbocycles. The molecule has 0 radical (unpaired) electrons. The van der Waals surface area contributed by atoms with Crippen molar-refractivity contribution in [3.05, 3.63) is 70.4 Å². The van der Waals surface area contributed by atoms with Crippen LogP contribution in [0.2, 0.25) is 0 Å². The Morgan fingerprint density at radius 2 is 1.88 bits per heavy atom. The van der Waals surface area contributed by atoms with Gasteiger partial charge in [0.15, 0.2) is 0 Å². The number of carbonyl (C=O) groups excluding carboxylic acids is 1. The van der Waals surface area contributed by atoms with Crippen LogP contribution in [0.5, 0.6) is 0 Å². The Balaban J connectivity index is 1.38. The number of anilines is 1. The predicted octanol–water partition coefficient (Wildman–Crippen LogP) is 7.17. The normalized spacial score (nSPS) is 15.4. The summed E-state index contributed by atoms with van der Waals surface area (Å²) >= 11 is 1.58. The number of likely N-dealkylation sites (tertiary alicyclic amines) is 1. The number of nitrogens with one attached hydrogen (secondary N) is 1. The number of nitrogens with zero attached hydrogens (tertiary/aromatic N) is 2. The summed E-state index contributed by atoms with van der Waals surface area (Å²) < 4.78 is 13.6. The maximum atomic E-state index is 13.3. The molecular formula is C26H30FN3OS3. The monoisotopic (exact) mass is 515 g/mol. The molecule has 0 bridgehead atoms. The van der Waals surface area contributed by atoms with Crippen molar-refractivity contribution in [2.24, 2.45) is 0 Å². The van der Waals surface area contributed by atoms with Crippen LogP contribution in [0.1, 0.15) is 48.1 Å². The first kappa shape index (κ1) is 25.2. The Labute approximate surface area is 213 Å². The lowest BCUT2D eigenvalue weighted by atomic mass is 9.97. The first-order valence-corrected chi connectivity index (χ1v) is 14.8. The van der Waals surface area contributed by atoms with Gasteiger partial charge in [-0.25, -0.2) is 9.37 Å². The van der Waals surface area contributed by atoms with Crippen LogP contribution >= 0.6 is 32.9 Å². The van der Waals surface area contributed by atoms with Gasteiger partial charge in [0.25, 0.3) is 5.91 Å². The van der Waals surface area contributed by atoms with Crippen LogP contribution in [0, 0.1) is 5.82 Å². The van der Waals surface area contributed by atoms with Crippen molar-refractivity contribution < 1.29 is 9.18 Å². The zero-order chi connectivity index (χ0) is 24.1. The summed E-state index contributed by atoms with van der Waals surface area (Å²) in [6, 6.07) is 13.8. The van der Waals surface area contributed by atoms with Crippen molar-refractivity contribution in [2.75, 3.05) is 31.2 Å². The van der Waals surface area contributed by atoms with Gasteiger partial charge in [-0.2, -0.15) is 0 Å². The summed E-state index contributed by atoms with van der Waals surface area (Å²) in [5, 5.41) is 5.91. The van der Waals surface area contributed by atoms with Gasteiger partial charge in [0.2, 0.25) is 0 Å². The lowest BCUT2D eigenvalue weighted by molar-refractivity contribution is 0.102. The molecule has 34 heavy (non-hydrogen) atoms. The molecule has 180 valence electrons. The molecule has 8 heteroatoms. The van der Waals surface area contributed by atoms with E-state index in [4.69, 9.17) is 4.98 Å². The molecule has 0 saturated carbocycles. The zero-order valence-corrected chi connectivity index (χ0v) is 22.2. The fraction of sp³-hybridized carbons (Fsp3) is 0.385. The van der Waals surface area contributed by atoms with Crippen molar-refractivity contribution in [3.63, 3.8) is 0 Å². The van der Waals surface area contributed by atoms with Crippen molar-refractivity contribution in [3.8, 4) is 11.1 Å². The molecule has 1 aromatic heterocycles. The third kappa shape index (κ3) is 6.42. The molecule has 3 aromatic rings. The van der Waals surface area contributed by atoms with E-state index >= 15 is 0 Å². The van der Waals surface area contributed by atoms with Gasteiger partial charge in [-0.05, 0) is 69.8 Å². The number of aromatic nitrogens is 1. The minimum atomic E-state index is -0.284. The summed E-state index contributed by atoms with van der Waals surface area (Å²) in [5.74, 6) is -0.0929. The van der Waals surface area contributed by atoms with Crippen LogP contribution in [0.25, 0.3) is 11.1 Å². The van der Waals surface area contributed by atoms with Crippen molar-refractivity contribution in [1.29, 1.82) is 0 Å². The molecule has 0 aliphatic carbocycles. The summed E-state index contributed by atoms with van der Waals surface area (Å²) in [4.78, 5) is 20.2. The lowest BCUT2D eigenvalue weighted by Crippen LogP contribution is -2.40. The van der Waals surface area contributed by atoms with Crippen LogP contribution < -0.4 is 5.32 Å². The Kier molecular flexibility index (Phi) is 8.34. The molecule has 0 spiro atoms. The summed E-state index contributed by atoms with van der Waals surface area (Å²) in [6.45, 7) is 7.83. The minimum Gasteiger partial charge on any atom is -0.320 e. The maximum absolute atomic E-state index is 13.3. The first-order chi connectivity index (χ1) is 16.3. The van der Waals surface area contributed by atoms with Gasteiger partial charge in [-0.1, -0.05) is 51.9 Å². The minimum absolute atomic E-state index is 0.217. The maximum Gasteiger partial charge on any atom is 0.275 e. The predicted molar refractivity (Wildman–Crippen MR) is 146 cm³/mol. The first-order valence-electron chi connectivity index (χ1n) is 11.4. The van der Waals surface area contributed by atoms with E-state index < -0.39 is 0 Å². The molecule has 4 rings (SSSR count). The third-order valence-corrected chi connectivity index (χ3v) is 9.54. The highest BCUT2D eigenvalue weighted by molar-refractivity contribution is 8.76. The average molecular weight is 516 g/mol. The Hall–Kier alpha value is -1.87. The van der Waals surface area contributed by atoms with Gasteiger partial charge in [0.1, 0.15) is 11.5 Å². The van der Waals surface area contributed by atoms with Crippen LogP contribution in [0.4, 0.5) is 10.1 Å². The lowest BCUT2D eigenvalue weighted by Gasteiger charge is -2.36. The average Bonchev–Trinajstić information content (AvgIpc) is 3.31. The Morgan fingerprint density at radius 1 is 1.18 bits per heavy atom. The number of piperidine rings is 1. The van der Waals surface area contributed by atoms with E-state index in [1.54, 1.807) is 23.5 Å². The molecule has 1 aliphatic rings. The standard InChI is InChI=1S/C26H30FN3OS3/c1-26(2,34-32-3)17-30-14-12-19(13-15-30)25-29-23(16-33-25)24(31)28-22-7-5-4-6-21(22)18-8-10-20(27)11-9-18/h4-11,16,19H,12-15,17H2,1-3H3,(H,28,31). The van der Waals surface area contributed by atoms with Crippen molar-refractivity contribution in [1.82, 2.24) is 9.88 Å². The van der Waals surface area contributed by atoms with Gasteiger partial charge >= 0.3 is 0 Å².